The van der Waals surface area contributed by atoms with Crippen LogP contribution in [-0.4, -0.2) is 22.5 Å². The van der Waals surface area contributed by atoms with Crippen LogP contribution in [0.15, 0.2) is 54.6 Å². The van der Waals surface area contributed by atoms with E-state index in [1.165, 1.54) is 19.4 Å². The Balaban J connectivity index is 1.99. The van der Waals surface area contributed by atoms with E-state index in [0.29, 0.717) is 16.7 Å². The first-order valence-electron chi connectivity index (χ1n) is 10.1. The zero-order valence-corrected chi connectivity index (χ0v) is 18.0. The first kappa shape index (κ1) is 22.3. The van der Waals surface area contributed by atoms with Crippen LogP contribution >= 0.6 is 0 Å². The predicted molar refractivity (Wildman–Crippen MR) is 118 cm³/mol. The highest BCUT2D eigenvalue weighted by molar-refractivity contribution is 6.05. The highest BCUT2D eigenvalue weighted by atomic mass is 19.1. The molecule has 0 aliphatic carbocycles. The van der Waals surface area contributed by atoms with Crippen LogP contribution in [-0.2, 0) is 11.4 Å². The number of ether oxygens (including phenoxy) is 1. The Kier molecular flexibility index (Phi) is 6.29. The SMILES string of the molecule is CC(C)c1ccc(COc2c(C(=O)NC(C)(C)C(=O)O)cc(F)c3ccccc23)cc1. The van der Waals surface area contributed by atoms with Crippen molar-refractivity contribution in [1.82, 2.24) is 5.32 Å². The molecular formula is C25H26FNO4. The van der Waals surface area contributed by atoms with Crippen LogP contribution in [0.25, 0.3) is 10.8 Å². The fourth-order valence-electron chi connectivity index (χ4n) is 3.19. The zero-order chi connectivity index (χ0) is 22.8. The molecule has 3 aromatic carbocycles. The minimum absolute atomic E-state index is 0.0516. The smallest absolute Gasteiger partial charge is 0.328 e. The van der Waals surface area contributed by atoms with Gasteiger partial charge in [-0.3, -0.25) is 4.79 Å². The molecule has 5 nitrogen and oxygen atoms in total. The van der Waals surface area contributed by atoms with Gasteiger partial charge >= 0.3 is 5.97 Å². The lowest BCUT2D eigenvalue weighted by Gasteiger charge is -2.22. The molecule has 162 valence electrons. The molecule has 1 amide bonds. The van der Waals surface area contributed by atoms with Gasteiger partial charge in [-0.2, -0.15) is 0 Å². The van der Waals surface area contributed by atoms with Crippen LogP contribution in [0.5, 0.6) is 5.75 Å². The summed E-state index contributed by atoms with van der Waals surface area (Å²) in [6, 6.07) is 15.8. The molecule has 31 heavy (non-hydrogen) atoms. The van der Waals surface area contributed by atoms with E-state index in [1.807, 2.05) is 24.3 Å². The van der Waals surface area contributed by atoms with Crippen molar-refractivity contribution in [2.45, 2.75) is 45.8 Å². The average Bonchev–Trinajstić information content (AvgIpc) is 2.73. The van der Waals surface area contributed by atoms with Gasteiger partial charge in [0.2, 0.25) is 0 Å². The van der Waals surface area contributed by atoms with Crippen molar-refractivity contribution in [3.8, 4) is 5.75 Å². The van der Waals surface area contributed by atoms with Crippen molar-refractivity contribution in [3.05, 3.63) is 77.1 Å². The van der Waals surface area contributed by atoms with E-state index < -0.39 is 23.2 Å². The van der Waals surface area contributed by atoms with Gasteiger partial charge in [-0.1, -0.05) is 62.4 Å². The fraction of sp³-hybridized carbons (Fsp3) is 0.280. The summed E-state index contributed by atoms with van der Waals surface area (Å²) in [6.45, 7) is 7.12. The number of carbonyl (C=O) groups is 2. The van der Waals surface area contributed by atoms with Gasteiger partial charge < -0.3 is 15.2 Å². The molecule has 6 heteroatoms. The molecule has 0 heterocycles. The maximum atomic E-state index is 14.7. The highest BCUT2D eigenvalue weighted by Gasteiger charge is 2.31. The second kappa shape index (κ2) is 8.76. The molecule has 0 spiro atoms. The van der Waals surface area contributed by atoms with Crippen molar-refractivity contribution in [1.29, 1.82) is 0 Å². The Morgan fingerprint density at radius 1 is 1.06 bits per heavy atom. The molecule has 3 aromatic rings. The van der Waals surface area contributed by atoms with E-state index in [9.17, 15) is 19.1 Å². The number of nitrogens with one attached hydrogen (secondary N) is 1. The van der Waals surface area contributed by atoms with E-state index in [-0.39, 0.29) is 17.9 Å². The molecule has 0 atom stereocenters. The summed E-state index contributed by atoms with van der Waals surface area (Å²) in [5.41, 5.74) is 0.523. The number of halogens is 1. The van der Waals surface area contributed by atoms with E-state index in [1.54, 1.807) is 24.3 Å². The molecule has 0 unspecified atom stereocenters. The molecule has 0 radical (unpaired) electrons. The molecule has 0 aromatic heterocycles. The lowest BCUT2D eigenvalue weighted by Crippen LogP contribution is -2.49. The Morgan fingerprint density at radius 3 is 2.26 bits per heavy atom. The number of carbonyl (C=O) groups excluding carboxylic acids is 1. The maximum Gasteiger partial charge on any atom is 0.328 e. The number of carboxylic acid groups (broad SMARTS) is 1. The number of carboxylic acids is 1. The average molecular weight is 423 g/mol. The second-order valence-electron chi connectivity index (χ2n) is 8.35. The Hall–Kier alpha value is -3.41. The van der Waals surface area contributed by atoms with Gasteiger partial charge in [0.25, 0.3) is 5.91 Å². The van der Waals surface area contributed by atoms with Crippen molar-refractivity contribution < 1.29 is 23.8 Å². The largest absolute Gasteiger partial charge is 0.487 e. The Morgan fingerprint density at radius 2 is 1.68 bits per heavy atom. The van der Waals surface area contributed by atoms with Gasteiger partial charge in [0, 0.05) is 10.8 Å². The maximum absolute atomic E-state index is 14.7. The van der Waals surface area contributed by atoms with Gasteiger partial charge in [0.05, 0.1) is 5.56 Å². The molecule has 0 aliphatic rings. The van der Waals surface area contributed by atoms with Crippen LogP contribution in [0.4, 0.5) is 4.39 Å². The number of hydrogen-bond donors (Lipinski definition) is 2. The Bertz CT molecular complexity index is 1120. The molecule has 0 fully saturated rings. The lowest BCUT2D eigenvalue weighted by atomic mass is 10.0. The van der Waals surface area contributed by atoms with Crippen LogP contribution < -0.4 is 10.1 Å². The standard InChI is InChI=1S/C25H26FNO4/c1-15(2)17-11-9-16(10-12-17)14-31-22-19-8-6-5-7-18(19)21(26)13-20(22)23(28)27-25(3,4)24(29)30/h5-13,15H,14H2,1-4H3,(H,27,28)(H,29,30). The summed E-state index contributed by atoms with van der Waals surface area (Å²) in [6.07, 6.45) is 0. The quantitative estimate of drug-likeness (QED) is 0.543. The molecular weight excluding hydrogens is 397 g/mol. The number of aliphatic carboxylic acids is 1. The van der Waals surface area contributed by atoms with Crippen LogP contribution in [0.1, 0.15) is 55.1 Å². The van der Waals surface area contributed by atoms with Crippen molar-refractivity contribution >= 4 is 22.6 Å². The highest BCUT2D eigenvalue weighted by Crippen LogP contribution is 2.33. The minimum atomic E-state index is -1.52. The monoisotopic (exact) mass is 423 g/mol. The van der Waals surface area contributed by atoms with Crippen molar-refractivity contribution in [3.63, 3.8) is 0 Å². The normalized spacial score (nSPS) is 11.5. The van der Waals surface area contributed by atoms with E-state index in [4.69, 9.17) is 4.74 Å². The molecule has 3 rings (SSSR count). The van der Waals surface area contributed by atoms with Crippen LogP contribution in [0.2, 0.25) is 0 Å². The van der Waals surface area contributed by atoms with Gasteiger partial charge in [-0.15, -0.1) is 0 Å². The van der Waals surface area contributed by atoms with Crippen molar-refractivity contribution in [2.24, 2.45) is 0 Å². The van der Waals surface area contributed by atoms with Crippen LogP contribution in [0.3, 0.4) is 0 Å². The predicted octanol–water partition coefficient (Wildman–Crippen LogP) is 5.27. The van der Waals surface area contributed by atoms with Gasteiger partial charge in [-0.05, 0) is 37.0 Å². The molecule has 0 saturated carbocycles. The number of fused-ring (bicyclic) bond motifs is 1. The summed E-state index contributed by atoms with van der Waals surface area (Å²) >= 11 is 0. The van der Waals surface area contributed by atoms with Gasteiger partial charge in [0.1, 0.15) is 23.7 Å². The summed E-state index contributed by atoms with van der Waals surface area (Å²) < 4.78 is 20.7. The molecule has 0 aliphatic heterocycles. The minimum Gasteiger partial charge on any atom is -0.487 e. The summed E-state index contributed by atoms with van der Waals surface area (Å²) in [5.74, 6) is -1.88. The summed E-state index contributed by atoms with van der Waals surface area (Å²) in [7, 11) is 0. The first-order valence-corrected chi connectivity index (χ1v) is 10.1. The van der Waals surface area contributed by atoms with E-state index in [2.05, 4.69) is 19.2 Å². The summed E-state index contributed by atoms with van der Waals surface area (Å²) in [4.78, 5) is 24.3. The van der Waals surface area contributed by atoms with Crippen molar-refractivity contribution in [2.75, 3.05) is 0 Å². The summed E-state index contributed by atoms with van der Waals surface area (Å²) in [5, 5.41) is 12.5. The third-order valence-corrected chi connectivity index (χ3v) is 5.18. The number of amides is 1. The van der Waals surface area contributed by atoms with Crippen LogP contribution in [0, 0.1) is 5.82 Å². The third kappa shape index (κ3) is 4.85. The zero-order valence-electron chi connectivity index (χ0n) is 18.0. The van der Waals surface area contributed by atoms with E-state index >= 15 is 0 Å². The number of hydrogen-bond acceptors (Lipinski definition) is 3. The first-order chi connectivity index (χ1) is 14.6. The third-order valence-electron chi connectivity index (χ3n) is 5.18. The number of benzene rings is 3. The molecule has 0 bridgehead atoms. The second-order valence-corrected chi connectivity index (χ2v) is 8.35. The molecule has 0 saturated heterocycles. The molecule has 2 N–H and O–H groups in total. The number of rotatable bonds is 7. The van der Waals surface area contributed by atoms with E-state index in [0.717, 1.165) is 11.6 Å². The van der Waals surface area contributed by atoms with Gasteiger partial charge in [0.15, 0.2) is 0 Å². The topological polar surface area (TPSA) is 75.6 Å². The fourth-order valence-corrected chi connectivity index (χ4v) is 3.19. The lowest BCUT2D eigenvalue weighted by molar-refractivity contribution is -0.143. The Labute approximate surface area is 180 Å². The van der Waals surface area contributed by atoms with Gasteiger partial charge in [-0.25, -0.2) is 9.18 Å².